The molecule has 0 radical (unpaired) electrons. The van der Waals surface area contributed by atoms with Crippen molar-refractivity contribution in [1.29, 1.82) is 0 Å². The van der Waals surface area contributed by atoms with Crippen molar-refractivity contribution in [2.75, 3.05) is 5.32 Å². The van der Waals surface area contributed by atoms with Gasteiger partial charge in [0.2, 0.25) is 5.91 Å². The van der Waals surface area contributed by atoms with Gasteiger partial charge in [0, 0.05) is 22.7 Å². The monoisotopic (exact) mass is 563 g/mol. The largest absolute Gasteiger partial charge is 0.368 e. The lowest BCUT2D eigenvalue weighted by Crippen LogP contribution is -2.55. The molecule has 1 aliphatic rings. The average Bonchev–Trinajstić information content (AvgIpc) is 3.56. The van der Waals surface area contributed by atoms with Gasteiger partial charge < -0.3 is 31.2 Å². The Hall–Kier alpha value is -5.45. The van der Waals surface area contributed by atoms with E-state index in [1.54, 1.807) is 25.1 Å². The number of carbonyl (C=O) groups excluding carboxylic acids is 3. The van der Waals surface area contributed by atoms with Crippen molar-refractivity contribution in [1.82, 2.24) is 20.0 Å². The maximum Gasteiger partial charge on any atom is 0.323 e. The van der Waals surface area contributed by atoms with Crippen LogP contribution in [0.1, 0.15) is 57.6 Å². The summed E-state index contributed by atoms with van der Waals surface area (Å²) in [5.41, 5.74) is 17.5. The standard InChI is InChI=1S/C31H29N7O4/c1-15(30-34-23-11-7-10-20(28(32)39)25(23)36-30)26(29(33)40)38-27(18-8-5-4-6-9-18)21-14-19(12-13-22(21)35-31(38)41)24-16(2)37-42-17(24)3/h4-15,26-27H,1-3H3,(H2,32,39)(H2,33,40)(H,34,36)(H,35,41)/t15-,26?,27?/m0/s1. The molecule has 2 unspecified atom stereocenters. The smallest absolute Gasteiger partial charge is 0.323 e. The molecule has 2 aromatic heterocycles. The highest BCUT2D eigenvalue weighted by molar-refractivity contribution is 6.04. The highest BCUT2D eigenvalue weighted by Crippen LogP contribution is 2.43. The number of nitrogens with two attached hydrogens (primary N) is 2. The number of hydrogen-bond acceptors (Lipinski definition) is 6. The van der Waals surface area contributed by atoms with Gasteiger partial charge in [-0.2, -0.15) is 0 Å². The number of fused-ring (bicyclic) bond motifs is 2. The third-order valence-electron chi connectivity index (χ3n) is 7.83. The lowest BCUT2D eigenvalue weighted by molar-refractivity contribution is -0.123. The molecule has 3 aromatic carbocycles. The maximum absolute atomic E-state index is 13.9. The number of rotatable bonds is 7. The second-order valence-electron chi connectivity index (χ2n) is 10.5. The van der Waals surface area contributed by atoms with E-state index in [0.717, 1.165) is 27.9 Å². The molecule has 0 aliphatic carbocycles. The molecule has 0 saturated carbocycles. The van der Waals surface area contributed by atoms with Crippen molar-refractivity contribution in [3.8, 4) is 11.1 Å². The quantitative estimate of drug-likeness (QED) is 0.226. The normalized spacial score (nSPS) is 16.1. The van der Waals surface area contributed by atoms with Crippen molar-refractivity contribution in [3.05, 3.63) is 101 Å². The summed E-state index contributed by atoms with van der Waals surface area (Å²) in [5, 5.41) is 7.05. The number of primary amides is 2. The number of H-pyrrole nitrogens is 1. The molecule has 5 aromatic rings. The number of nitrogens with zero attached hydrogens (tertiary/aromatic N) is 3. The Kier molecular flexibility index (Phi) is 6.49. The zero-order valence-corrected chi connectivity index (χ0v) is 23.2. The third kappa shape index (κ3) is 4.35. The van der Waals surface area contributed by atoms with Gasteiger partial charge in [-0.15, -0.1) is 0 Å². The fourth-order valence-electron chi connectivity index (χ4n) is 5.90. The van der Waals surface area contributed by atoms with Gasteiger partial charge in [0.25, 0.3) is 5.91 Å². The Morgan fingerprint density at radius 3 is 2.45 bits per heavy atom. The van der Waals surface area contributed by atoms with Crippen LogP contribution >= 0.6 is 0 Å². The van der Waals surface area contributed by atoms with Gasteiger partial charge in [0.15, 0.2) is 0 Å². The van der Waals surface area contributed by atoms with Crippen LogP contribution < -0.4 is 16.8 Å². The number of benzene rings is 3. The number of hydrogen-bond donors (Lipinski definition) is 4. The van der Waals surface area contributed by atoms with E-state index in [1.807, 2.05) is 62.4 Å². The van der Waals surface area contributed by atoms with Gasteiger partial charge in [0.05, 0.1) is 22.8 Å². The number of imidazole rings is 1. The average molecular weight is 564 g/mol. The summed E-state index contributed by atoms with van der Waals surface area (Å²) in [6.07, 6.45) is 0. The Balaban J connectivity index is 1.51. The molecule has 0 spiro atoms. The van der Waals surface area contributed by atoms with Gasteiger partial charge in [-0.05, 0) is 49.2 Å². The Bertz CT molecular complexity index is 1840. The predicted octanol–water partition coefficient (Wildman–Crippen LogP) is 4.53. The summed E-state index contributed by atoms with van der Waals surface area (Å²) in [4.78, 5) is 48.4. The third-order valence-corrected chi connectivity index (χ3v) is 7.83. The lowest BCUT2D eigenvalue weighted by Gasteiger charge is -2.43. The second-order valence-corrected chi connectivity index (χ2v) is 10.5. The molecule has 212 valence electrons. The molecule has 1 aliphatic heterocycles. The topological polar surface area (TPSA) is 173 Å². The molecular formula is C31H29N7O4. The number of amides is 4. The Morgan fingerprint density at radius 2 is 1.79 bits per heavy atom. The molecule has 42 heavy (non-hydrogen) atoms. The van der Waals surface area contributed by atoms with E-state index in [1.165, 1.54) is 4.90 Å². The molecule has 11 nitrogen and oxygen atoms in total. The molecule has 0 saturated heterocycles. The summed E-state index contributed by atoms with van der Waals surface area (Å²) >= 11 is 0. The highest BCUT2D eigenvalue weighted by Gasteiger charge is 2.44. The SMILES string of the molecule is Cc1noc(C)c1-c1ccc2c(c1)C(c1ccccc1)N(C(C(N)=O)[C@H](C)c1nc3c(C(N)=O)cccc3[nH]1)C(=O)N2. The van der Waals surface area contributed by atoms with E-state index in [0.29, 0.717) is 28.3 Å². The summed E-state index contributed by atoms with van der Waals surface area (Å²) in [5.74, 6) is -0.955. The Labute approximate surface area is 240 Å². The van der Waals surface area contributed by atoms with Crippen LogP contribution in [0, 0.1) is 13.8 Å². The molecule has 6 rings (SSSR count). The van der Waals surface area contributed by atoms with Crippen LogP contribution in [0.5, 0.6) is 0 Å². The first-order chi connectivity index (χ1) is 20.2. The summed E-state index contributed by atoms with van der Waals surface area (Å²) in [6, 6.07) is 18.0. The number of aromatic amines is 1. The first-order valence-corrected chi connectivity index (χ1v) is 13.4. The molecule has 4 amide bonds. The lowest BCUT2D eigenvalue weighted by atomic mass is 9.87. The fourth-order valence-corrected chi connectivity index (χ4v) is 5.90. The summed E-state index contributed by atoms with van der Waals surface area (Å²) in [6.45, 7) is 5.48. The number of carbonyl (C=O) groups is 3. The predicted molar refractivity (Wildman–Crippen MR) is 157 cm³/mol. The minimum absolute atomic E-state index is 0.247. The van der Waals surface area contributed by atoms with Gasteiger partial charge in [0.1, 0.15) is 23.1 Å². The zero-order chi connectivity index (χ0) is 29.7. The van der Waals surface area contributed by atoms with Gasteiger partial charge in [-0.3, -0.25) is 9.59 Å². The van der Waals surface area contributed by atoms with E-state index in [9.17, 15) is 14.4 Å². The van der Waals surface area contributed by atoms with Crippen LogP contribution in [0.4, 0.5) is 10.5 Å². The number of urea groups is 1. The highest BCUT2D eigenvalue weighted by atomic mass is 16.5. The molecule has 6 N–H and O–H groups in total. The van der Waals surface area contributed by atoms with Crippen LogP contribution in [0.2, 0.25) is 0 Å². The molecule has 11 heteroatoms. The van der Waals surface area contributed by atoms with Crippen molar-refractivity contribution < 1.29 is 18.9 Å². The van der Waals surface area contributed by atoms with Crippen molar-refractivity contribution in [2.45, 2.75) is 38.8 Å². The van der Waals surface area contributed by atoms with Crippen molar-refractivity contribution >= 4 is 34.6 Å². The minimum atomic E-state index is -1.12. The van der Waals surface area contributed by atoms with Crippen LogP contribution in [-0.4, -0.2) is 43.9 Å². The van der Waals surface area contributed by atoms with Gasteiger partial charge >= 0.3 is 6.03 Å². The van der Waals surface area contributed by atoms with E-state index in [-0.39, 0.29) is 5.56 Å². The molecule has 0 bridgehead atoms. The van der Waals surface area contributed by atoms with Gasteiger partial charge in [-0.25, -0.2) is 9.78 Å². The number of anilines is 1. The second kappa shape index (κ2) is 10.2. The number of aromatic nitrogens is 3. The van der Waals surface area contributed by atoms with E-state index in [4.69, 9.17) is 16.0 Å². The summed E-state index contributed by atoms with van der Waals surface area (Å²) < 4.78 is 5.41. The van der Waals surface area contributed by atoms with E-state index in [2.05, 4.69) is 20.4 Å². The Morgan fingerprint density at radius 1 is 1.02 bits per heavy atom. The van der Waals surface area contributed by atoms with Crippen LogP contribution in [0.3, 0.4) is 0 Å². The van der Waals surface area contributed by atoms with Crippen LogP contribution in [0.25, 0.3) is 22.2 Å². The van der Waals surface area contributed by atoms with Crippen molar-refractivity contribution in [2.24, 2.45) is 11.5 Å². The van der Waals surface area contributed by atoms with Crippen LogP contribution in [0.15, 0.2) is 71.3 Å². The maximum atomic E-state index is 13.9. The van der Waals surface area contributed by atoms with E-state index >= 15 is 0 Å². The van der Waals surface area contributed by atoms with Crippen molar-refractivity contribution in [3.63, 3.8) is 0 Å². The van der Waals surface area contributed by atoms with Gasteiger partial charge in [-0.1, -0.05) is 54.5 Å². The number of aryl methyl sites for hydroxylation is 2. The van der Waals surface area contributed by atoms with Crippen LogP contribution in [-0.2, 0) is 4.79 Å². The van der Waals surface area contributed by atoms with E-state index < -0.39 is 35.8 Å². The number of para-hydroxylation sites is 1. The number of nitrogens with one attached hydrogen (secondary N) is 2. The molecule has 3 heterocycles. The zero-order valence-electron chi connectivity index (χ0n) is 23.2. The first kappa shape index (κ1) is 26.8. The molecular weight excluding hydrogens is 534 g/mol. The first-order valence-electron chi connectivity index (χ1n) is 13.4. The fraction of sp³-hybridized carbons (Fsp3) is 0.194. The summed E-state index contributed by atoms with van der Waals surface area (Å²) in [7, 11) is 0. The molecule has 0 fully saturated rings. The molecule has 3 atom stereocenters. The minimum Gasteiger partial charge on any atom is -0.368 e.